The number of likely N-dealkylation sites (N-methyl/N-ethyl adjacent to an activating group) is 1. The fourth-order valence-electron chi connectivity index (χ4n) is 2.17. The molecule has 6 heteroatoms. The highest BCUT2D eigenvalue weighted by Crippen LogP contribution is 2.29. The predicted octanol–water partition coefficient (Wildman–Crippen LogP) is 2.26. The summed E-state index contributed by atoms with van der Waals surface area (Å²) >= 11 is 0. The number of alkyl halides is 2. The van der Waals surface area contributed by atoms with E-state index >= 15 is 0 Å². The van der Waals surface area contributed by atoms with Gasteiger partial charge in [0.25, 0.3) is 0 Å². The lowest BCUT2D eigenvalue weighted by molar-refractivity contribution is -0.0512. The van der Waals surface area contributed by atoms with Gasteiger partial charge in [-0.3, -0.25) is 4.90 Å². The molecular formula is C14H22F2N2O2. The Kier molecular flexibility index (Phi) is 7.43. The summed E-state index contributed by atoms with van der Waals surface area (Å²) in [5, 5.41) is 0. The Morgan fingerprint density at radius 2 is 2.00 bits per heavy atom. The van der Waals surface area contributed by atoms with Crippen LogP contribution >= 0.6 is 0 Å². The largest absolute Gasteiger partial charge is 0.434 e. The summed E-state index contributed by atoms with van der Waals surface area (Å²) in [6.07, 6.45) is 0. The maximum Gasteiger partial charge on any atom is 0.387 e. The average molecular weight is 288 g/mol. The molecule has 0 aromatic heterocycles. The monoisotopic (exact) mass is 288 g/mol. The van der Waals surface area contributed by atoms with E-state index in [-0.39, 0.29) is 11.8 Å². The molecule has 0 saturated carbocycles. The number of rotatable bonds is 9. The molecule has 0 aliphatic carbocycles. The Hall–Kier alpha value is -1.24. The number of halogens is 2. The molecular weight excluding hydrogens is 266 g/mol. The first-order valence-corrected chi connectivity index (χ1v) is 6.60. The second kappa shape index (κ2) is 8.84. The van der Waals surface area contributed by atoms with E-state index in [1.807, 2.05) is 6.92 Å². The number of benzene rings is 1. The molecule has 0 aliphatic heterocycles. The number of para-hydroxylation sites is 1. The lowest BCUT2D eigenvalue weighted by atomic mass is 10.0. The second-order valence-corrected chi connectivity index (χ2v) is 4.29. The average Bonchev–Trinajstić information content (AvgIpc) is 2.44. The zero-order valence-corrected chi connectivity index (χ0v) is 11.9. The van der Waals surface area contributed by atoms with Gasteiger partial charge in [-0.05, 0) is 12.6 Å². The maximum absolute atomic E-state index is 12.5. The molecule has 1 unspecified atom stereocenters. The third kappa shape index (κ3) is 4.70. The smallest absolute Gasteiger partial charge is 0.387 e. The molecule has 1 aromatic rings. The maximum atomic E-state index is 12.5. The topological polar surface area (TPSA) is 47.7 Å². The minimum Gasteiger partial charge on any atom is -0.434 e. The Morgan fingerprint density at radius 3 is 2.55 bits per heavy atom. The zero-order chi connectivity index (χ0) is 15.0. The van der Waals surface area contributed by atoms with Gasteiger partial charge < -0.3 is 15.2 Å². The van der Waals surface area contributed by atoms with E-state index < -0.39 is 6.61 Å². The van der Waals surface area contributed by atoms with Crippen molar-refractivity contribution in [2.45, 2.75) is 19.6 Å². The molecule has 1 rings (SSSR count). The first-order chi connectivity index (χ1) is 9.63. The molecule has 0 radical (unpaired) electrons. The fraction of sp³-hybridized carbons (Fsp3) is 0.571. The van der Waals surface area contributed by atoms with Crippen LogP contribution in [-0.4, -0.2) is 44.9 Å². The van der Waals surface area contributed by atoms with Crippen LogP contribution in [0.1, 0.15) is 18.5 Å². The van der Waals surface area contributed by atoms with Crippen molar-refractivity contribution in [3.05, 3.63) is 29.8 Å². The van der Waals surface area contributed by atoms with E-state index in [4.69, 9.17) is 10.5 Å². The number of nitrogens with zero attached hydrogens (tertiary/aromatic N) is 1. The molecule has 0 amide bonds. The normalized spacial score (nSPS) is 12.9. The minimum atomic E-state index is -2.84. The standard InChI is InChI=1S/C14H22F2N2O2/c1-3-18(8-9-19-2)12(10-17)11-6-4-5-7-13(11)20-14(15)16/h4-7,12,14H,3,8-10,17H2,1-2H3. The van der Waals surface area contributed by atoms with Crippen molar-refractivity contribution in [3.8, 4) is 5.75 Å². The van der Waals surface area contributed by atoms with Crippen molar-refractivity contribution in [2.75, 3.05) is 33.4 Å². The molecule has 114 valence electrons. The molecule has 0 aliphatic rings. The number of methoxy groups -OCH3 is 1. The third-order valence-corrected chi connectivity index (χ3v) is 3.15. The van der Waals surface area contributed by atoms with Crippen molar-refractivity contribution in [2.24, 2.45) is 5.73 Å². The van der Waals surface area contributed by atoms with Gasteiger partial charge in [0.2, 0.25) is 0 Å². The SMILES string of the molecule is CCN(CCOC)C(CN)c1ccccc1OC(F)F. The van der Waals surface area contributed by atoms with Gasteiger partial charge >= 0.3 is 6.61 Å². The number of ether oxygens (including phenoxy) is 2. The highest BCUT2D eigenvalue weighted by molar-refractivity contribution is 5.36. The molecule has 1 aromatic carbocycles. The molecule has 1 atom stereocenters. The van der Waals surface area contributed by atoms with E-state index in [1.54, 1.807) is 25.3 Å². The molecule has 0 heterocycles. The van der Waals surface area contributed by atoms with E-state index in [0.717, 1.165) is 6.54 Å². The van der Waals surface area contributed by atoms with Crippen LogP contribution in [0.4, 0.5) is 8.78 Å². The van der Waals surface area contributed by atoms with Crippen LogP contribution in [0.25, 0.3) is 0 Å². The van der Waals surface area contributed by atoms with Crippen molar-refractivity contribution in [1.82, 2.24) is 4.90 Å². The van der Waals surface area contributed by atoms with Crippen molar-refractivity contribution >= 4 is 0 Å². The summed E-state index contributed by atoms with van der Waals surface area (Å²) in [5.74, 6) is 0.175. The summed E-state index contributed by atoms with van der Waals surface area (Å²) in [4.78, 5) is 2.08. The van der Waals surface area contributed by atoms with Gasteiger partial charge in [0.05, 0.1) is 12.6 Å². The first-order valence-electron chi connectivity index (χ1n) is 6.60. The van der Waals surface area contributed by atoms with Crippen LogP contribution in [-0.2, 0) is 4.74 Å². The number of nitrogens with two attached hydrogens (primary N) is 1. The summed E-state index contributed by atoms with van der Waals surface area (Å²) in [7, 11) is 1.62. The van der Waals surface area contributed by atoms with Gasteiger partial charge in [0, 0.05) is 25.8 Å². The highest BCUT2D eigenvalue weighted by Gasteiger charge is 2.22. The van der Waals surface area contributed by atoms with Crippen LogP contribution in [0.3, 0.4) is 0 Å². The van der Waals surface area contributed by atoms with Gasteiger partial charge in [0.1, 0.15) is 5.75 Å². The second-order valence-electron chi connectivity index (χ2n) is 4.29. The molecule has 0 bridgehead atoms. The van der Waals surface area contributed by atoms with Crippen LogP contribution in [0.15, 0.2) is 24.3 Å². The van der Waals surface area contributed by atoms with E-state index in [9.17, 15) is 8.78 Å². The van der Waals surface area contributed by atoms with Crippen LogP contribution in [0.5, 0.6) is 5.75 Å². The first kappa shape index (κ1) is 16.8. The lowest BCUT2D eigenvalue weighted by Crippen LogP contribution is -2.36. The van der Waals surface area contributed by atoms with Gasteiger partial charge in [-0.25, -0.2) is 0 Å². The molecule has 4 nitrogen and oxygen atoms in total. The number of hydrogen-bond acceptors (Lipinski definition) is 4. The summed E-state index contributed by atoms with van der Waals surface area (Å²) in [6, 6.07) is 6.59. The fourth-order valence-corrected chi connectivity index (χ4v) is 2.17. The lowest BCUT2D eigenvalue weighted by Gasteiger charge is -2.31. The summed E-state index contributed by atoms with van der Waals surface area (Å²) in [5.41, 5.74) is 6.50. The summed E-state index contributed by atoms with van der Waals surface area (Å²) in [6.45, 7) is 1.45. The zero-order valence-electron chi connectivity index (χ0n) is 11.9. The molecule has 20 heavy (non-hydrogen) atoms. The van der Waals surface area contributed by atoms with E-state index in [2.05, 4.69) is 9.64 Å². The Bertz CT molecular complexity index is 391. The highest BCUT2D eigenvalue weighted by atomic mass is 19.3. The number of hydrogen-bond donors (Lipinski definition) is 1. The van der Waals surface area contributed by atoms with Gasteiger partial charge in [0.15, 0.2) is 0 Å². The Morgan fingerprint density at radius 1 is 1.30 bits per heavy atom. The molecule has 0 fully saturated rings. The Labute approximate surface area is 118 Å². The van der Waals surface area contributed by atoms with E-state index in [0.29, 0.717) is 25.3 Å². The van der Waals surface area contributed by atoms with Gasteiger partial charge in [-0.15, -0.1) is 0 Å². The third-order valence-electron chi connectivity index (χ3n) is 3.15. The van der Waals surface area contributed by atoms with Crippen LogP contribution in [0, 0.1) is 0 Å². The van der Waals surface area contributed by atoms with Crippen molar-refractivity contribution in [3.63, 3.8) is 0 Å². The predicted molar refractivity (Wildman–Crippen MR) is 74.0 cm³/mol. The molecule has 2 N–H and O–H groups in total. The molecule has 0 saturated heterocycles. The quantitative estimate of drug-likeness (QED) is 0.757. The minimum absolute atomic E-state index is 0.175. The van der Waals surface area contributed by atoms with Crippen LogP contribution in [0.2, 0.25) is 0 Å². The van der Waals surface area contributed by atoms with Crippen LogP contribution < -0.4 is 10.5 Å². The van der Waals surface area contributed by atoms with Gasteiger partial charge in [-0.2, -0.15) is 8.78 Å². The Balaban J connectivity index is 2.97. The van der Waals surface area contributed by atoms with E-state index in [1.165, 1.54) is 6.07 Å². The summed E-state index contributed by atoms with van der Waals surface area (Å²) < 4.78 is 34.6. The molecule has 0 spiro atoms. The van der Waals surface area contributed by atoms with Gasteiger partial charge in [-0.1, -0.05) is 25.1 Å². The van der Waals surface area contributed by atoms with Crippen molar-refractivity contribution < 1.29 is 18.3 Å². The van der Waals surface area contributed by atoms with Crippen molar-refractivity contribution in [1.29, 1.82) is 0 Å².